The van der Waals surface area contributed by atoms with Gasteiger partial charge in [0.2, 0.25) is 11.5 Å². The van der Waals surface area contributed by atoms with Crippen molar-refractivity contribution in [1.29, 1.82) is 0 Å². The van der Waals surface area contributed by atoms with Gasteiger partial charge in [-0.3, -0.25) is 4.79 Å². The van der Waals surface area contributed by atoms with E-state index in [0.717, 1.165) is 28.8 Å². The number of ketones is 1. The first-order chi connectivity index (χ1) is 14.5. The van der Waals surface area contributed by atoms with Gasteiger partial charge in [0.05, 0.1) is 27.0 Å². The van der Waals surface area contributed by atoms with Crippen molar-refractivity contribution in [1.82, 2.24) is 4.98 Å². The van der Waals surface area contributed by atoms with Crippen molar-refractivity contribution in [3.05, 3.63) is 39.9 Å². The van der Waals surface area contributed by atoms with Crippen LogP contribution in [0.5, 0.6) is 17.2 Å². The standard InChI is InChI=1S/C23H26N2O4S/c1-5-12-6-7-16-13(8-12)9-15-19(24)22(30-23(15)25-16)20(26)14-10-17(27-2)21(29-4)18(11-14)28-3/h9-12H,5-8,24H2,1-4H3. The molecule has 0 amide bonds. The molecule has 0 bridgehead atoms. The average molecular weight is 427 g/mol. The molecule has 4 rings (SSSR count). The van der Waals surface area contributed by atoms with E-state index in [1.54, 1.807) is 12.1 Å². The Bertz CT molecular complexity index is 1100. The van der Waals surface area contributed by atoms with Crippen LogP contribution in [0.4, 0.5) is 5.69 Å². The summed E-state index contributed by atoms with van der Waals surface area (Å²) in [7, 11) is 4.58. The quantitative estimate of drug-likeness (QED) is 0.578. The molecule has 0 saturated carbocycles. The Balaban J connectivity index is 1.78. The highest BCUT2D eigenvalue weighted by Crippen LogP contribution is 2.41. The molecule has 158 valence electrons. The van der Waals surface area contributed by atoms with Gasteiger partial charge in [-0.25, -0.2) is 4.98 Å². The zero-order chi connectivity index (χ0) is 21.4. The van der Waals surface area contributed by atoms with Crippen molar-refractivity contribution in [2.45, 2.75) is 32.6 Å². The van der Waals surface area contributed by atoms with Gasteiger partial charge < -0.3 is 19.9 Å². The van der Waals surface area contributed by atoms with Gasteiger partial charge in [0.25, 0.3) is 0 Å². The van der Waals surface area contributed by atoms with Gasteiger partial charge in [-0.1, -0.05) is 13.3 Å². The molecule has 1 atom stereocenters. The number of fused-ring (bicyclic) bond motifs is 2. The summed E-state index contributed by atoms with van der Waals surface area (Å²) in [6, 6.07) is 5.44. The van der Waals surface area contributed by atoms with Crippen molar-refractivity contribution >= 4 is 33.0 Å². The summed E-state index contributed by atoms with van der Waals surface area (Å²) < 4.78 is 16.1. The van der Waals surface area contributed by atoms with Crippen LogP contribution < -0.4 is 19.9 Å². The van der Waals surface area contributed by atoms with Crippen molar-refractivity contribution in [2.24, 2.45) is 5.92 Å². The molecule has 30 heavy (non-hydrogen) atoms. The van der Waals surface area contributed by atoms with Gasteiger partial charge >= 0.3 is 0 Å². The molecular formula is C23H26N2O4S. The number of hydrogen-bond donors (Lipinski definition) is 1. The fraction of sp³-hybridized carbons (Fsp3) is 0.391. The number of nitrogens with two attached hydrogens (primary N) is 1. The molecule has 2 N–H and O–H groups in total. The molecule has 0 radical (unpaired) electrons. The summed E-state index contributed by atoms with van der Waals surface area (Å²) >= 11 is 1.34. The number of thiophene rings is 1. The molecule has 7 heteroatoms. The topological polar surface area (TPSA) is 83.7 Å². The van der Waals surface area contributed by atoms with E-state index < -0.39 is 0 Å². The lowest BCUT2D eigenvalue weighted by Crippen LogP contribution is -2.14. The normalized spacial score (nSPS) is 15.7. The molecule has 2 heterocycles. The van der Waals surface area contributed by atoms with Crippen LogP contribution in [0, 0.1) is 5.92 Å². The number of methoxy groups -OCH3 is 3. The summed E-state index contributed by atoms with van der Waals surface area (Å²) in [6.07, 6.45) is 4.35. The molecule has 6 nitrogen and oxygen atoms in total. The average Bonchev–Trinajstić information content (AvgIpc) is 3.10. The molecule has 1 aromatic carbocycles. The Morgan fingerprint density at radius 3 is 2.47 bits per heavy atom. The fourth-order valence-electron chi connectivity index (χ4n) is 4.13. The number of carbonyl (C=O) groups excluding carboxylic acids is 1. The molecule has 1 aliphatic carbocycles. The number of rotatable bonds is 6. The van der Waals surface area contributed by atoms with Gasteiger partial charge in [0, 0.05) is 16.6 Å². The number of benzene rings is 1. The molecule has 0 saturated heterocycles. The highest BCUT2D eigenvalue weighted by Gasteiger charge is 2.25. The molecular weight excluding hydrogens is 400 g/mol. The SMILES string of the molecule is CCC1CCc2nc3sc(C(=O)c4cc(OC)c(OC)c(OC)c4)c(N)c3cc2C1. The van der Waals surface area contributed by atoms with E-state index in [-0.39, 0.29) is 5.78 Å². The van der Waals surface area contributed by atoms with E-state index in [1.165, 1.54) is 51.1 Å². The molecule has 0 fully saturated rings. The summed E-state index contributed by atoms with van der Waals surface area (Å²) in [5.74, 6) is 1.81. The van der Waals surface area contributed by atoms with Crippen molar-refractivity contribution < 1.29 is 19.0 Å². The number of hydrogen-bond acceptors (Lipinski definition) is 7. The minimum atomic E-state index is -0.181. The molecule has 1 aliphatic rings. The Kier molecular flexibility index (Phi) is 5.56. The maximum absolute atomic E-state index is 13.3. The van der Waals surface area contributed by atoms with Gasteiger partial charge in [-0.2, -0.15) is 0 Å². The fourth-order valence-corrected chi connectivity index (χ4v) is 5.18. The molecule has 1 unspecified atom stereocenters. The predicted molar refractivity (Wildman–Crippen MR) is 119 cm³/mol. The third kappa shape index (κ3) is 3.37. The minimum absolute atomic E-state index is 0.181. The number of pyridine rings is 1. The van der Waals surface area contributed by atoms with Crippen LogP contribution in [0.2, 0.25) is 0 Å². The summed E-state index contributed by atoms with van der Waals surface area (Å²) in [4.78, 5) is 19.5. The van der Waals surface area contributed by atoms with Crippen molar-refractivity contribution in [3.8, 4) is 17.2 Å². The van der Waals surface area contributed by atoms with E-state index >= 15 is 0 Å². The number of nitrogens with zero attached hydrogens (tertiary/aromatic N) is 1. The number of anilines is 1. The first-order valence-corrected chi connectivity index (χ1v) is 10.9. The lowest BCUT2D eigenvalue weighted by molar-refractivity contribution is 0.104. The predicted octanol–water partition coefficient (Wildman–Crippen LogP) is 4.65. The van der Waals surface area contributed by atoms with E-state index in [0.29, 0.717) is 39.3 Å². The summed E-state index contributed by atoms with van der Waals surface area (Å²) in [5.41, 5.74) is 9.76. The van der Waals surface area contributed by atoms with Crippen LogP contribution in [0.1, 0.15) is 46.3 Å². The summed E-state index contributed by atoms with van der Waals surface area (Å²) in [5, 5.41) is 0.867. The third-order valence-electron chi connectivity index (χ3n) is 5.90. The lowest BCUT2D eigenvalue weighted by Gasteiger charge is -2.22. The van der Waals surface area contributed by atoms with Gasteiger partial charge in [0.1, 0.15) is 9.71 Å². The molecule has 0 aliphatic heterocycles. The molecule has 0 spiro atoms. The number of aromatic nitrogens is 1. The number of carbonyl (C=O) groups is 1. The number of aryl methyl sites for hydroxylation is 1. The van der Waals surface area contributed by atoms with Crippen molar-refractivity contribution in [3.63, 3.8) is 0 Å². The highest BCUT2D eigenvalue weighted by atomic mass is 32.1. The first kappa shape index (κ1) is 20.5. The van der Waals surface area contributed by atoms with Crippen LogP contribution in [0.25, 0.3) is 10.2 Å². The second kappa shape index (κ2) is 8.14. The monoisotopic (exact) mass is 426 g/mol. The Labute approximate surface area is 180 Å². The minimum Gasteiger partial charge on any atom is -0.493 e. The van der Waals surface area contributed by atoms with Crippen LogP contribution in [-0.2, 0) is 12.8 Å². The Morgan fingerprint density at radius 1 is 1.17 bits per heavy atom. The Morgan fingerprint density at radius 2 is 1.87 bits per heavy atom. The van der Waals surface area contributed by atoms with Crippen LogP contribution in [0.15, 0.2) is 18.2 Å². The van der Waals surface area contributed by atoms with E-state index in [2.05, 4.69) is 13.0 Å². The van der Waals surface area contributed by atoms with Crippen LogP contribution >= 0.6 is 11.3 Å². The first-order valence-electron chi connectivity index (χ1n) is 10.1. The summed E-state index contributed by atoms with van der Waals surface area (Å²) in [6.45, 7) is 2.23. The van der Waals surface area contributed by atoms with E-state index in [4.69, 9.17) is 24.9 Å². The van der Waals surface area contributed by atoms with Crippen molar-refractivity contribution in [2.75, 3.05) is 27.1 Å². The van der Waals surface area contributed by atoms with Crippen LogP contribution in [-0.4, -0.2) is 32.1 Å². The van der Waals surface area contributed by atoms with Gasteiger partial charge in [0.15, 0.2) is 11.5 Å². The second-order valence-electron chi connectivity index (χ2n) is 7.55. The van der Waals surface area contributed by atoms with Crippen LogP contribution in [0.3, 0.4) is 0 Å². The zero-order valence-electron chi connectivity index (χ0n) is 17.7. The number of nitrogen functional groups attached to an aromatic ring is 1. The van der Waals surface area contributed by atoms with Gasteiger partial charge in [-0.15, -0.1) is 11.3 Å². The van der Waals surface area contributed by atoms with Gasteiger partial charge in [-0.05, 0) is 48.9 Å². The second-order valence-corrected chi connectivity index (χ2v) is 8.55. The smallest absolute Gasteiger partial charge is 0.205 e. The lowest BCUT2D eigenvalue weighted by atomic mass is 9.85. The van der Waals surface area contributed by atoms with E-state index in [9.17, 15) is 4.79 Å². The zero-order valence-corrected chi connectivity index (χ0v) is 18.5. The maximum atomic E-state index is 13.3. The molecule has 3 aromatic rings. The Hall–Kier alpha value is -2.80. The third-order valence-corrected chi connectivity index (χ3v) is 7.01. The highest BCUT2D eigenvalue weighted by molar-refractivity contribution is 7.21. The number of ether oxygens (including phenoxy) is 3. The maximum Gasteiger partial charge on any atom is 0.205 e. The van der Waals surface area contributed by atoms with E-state index in [1.807, 2.05) is 0 Å². The molecule has 2 aromatic heterocycles. The largest absolute Gasteiger partial charge is 0.493 e.